The molecule has 0 aromatic heterocycles. The summed E-state index contributed by atoms with van der Waals surface area (Å²) >= 11 is 0. The summed E-state index contributed by atoms with van der Waals surface area (Å²) in [5.74, 6) is 0.339. The predicted molar refractivity (Wildman–Crippen MR) is 70.8 cm³/mol. The summed E-state index contributed by atoms with van der Waals surface area (Å²) in [4.78, 5) is 11.0. The lowest BCUT2D eigenvalue weighted by Crippen LogP contribution is -2.40. The molecule has 4 heteroatoms. The van der Waals surface area contributed by atoms with Crippen LogP contribution in [0, 0.1) is 5.92 Å². The van der Waals surface area contributed by atoms with Gasteiger partial charge in [0, 0.05) is 13.2 Å². The smallest absolute Gasteiger partial charge is 0.234 e. The van der Waals surface area contributed by atoms with Crippen LogP contribution in [0.2, 0.25) is 0 Å². The normalized spacial score (nSPS) is 14.5. The van der Waals surface area contributed by atoms with Crippen molar-refractivity contribution >= 4 is 5.91 Å². The summed E-state index contributed by atoms with van der Waals surface area (Å²) in [6.07, 6.45) is 5.54. The van der Waals surface area contributed by atoms with E-state index in [4.69, 9.17) is 10.5 Å². The zero-order valence-corrected chi connectivity index (χ0v) is 11.5. The standard InChI is InChI=1S/C13H28N2O2/c1-4-6-7-11(5-2)10-17-9-8-12(15-3)13(14)16/h11-12,15H,4-10H2,1-3H3,(H2,14,16). The molecule has 0 aromatic carbocycles. The predicted octanol–water partition coefficient (Wildman–Crippen LogP) is 1.68. The fourth-order valence-corrected chi connectivity index (χ4v) is 1.78. The van der Waals surface area contributed by atoms with Crippen molar-refractivity contribution < 1.29 is 9.53 Å². The maximum absolute atomic E-state index is 11.0. The molecule has 0 fully saturated rings. The fraction of sp³-hybridized carbons (Fsp3) is 0.923. The number of rotatable bonds is 11. The third-order valence-corrected chi connectivity index (χ3v) is 3.14. The number of primary amides is 1. The molecule has 0 saturated carbocycles. The Labute approximate surface area is 105 Å². The van der Waals surface area contributed by atoms with Gasteiger partial charge in [0.05, 0.1) is 6.04 Å². The molecule has 0 saturated heterocycles. The fourth-order valence-electron chi connectivity index (χ4n) is 1.78. The number of hydrogen-bond donors (Lipinski definition) is 2. The van der Waals surface area contributed by atoms with Crippen LogP contribution in [0.3, 0.4) is 0 Å². The van der Waals surface area contributed by atoms with Gasteiger partial charge in [0.15, 0.2) is 0 Å². The molecule has 0 aliphatic carbocycles. The first-order chi connectivity index (χ1) is 8.15. The molecular weight excluding hydrogens is 216 g/mol. The number of nitrogens with two attached hydrogens (primary N) is 1. The minimum atomic E-state index is -0.311. The Morgan fingerprint density at radius 3 is 2.53 bits per heavy atom. The van der Waals surface area contributed by atoms with E-state index in [2.05, 4.69) is 19.2 Å². The highest BCUT2D eigenvalue weighted by Gasteiger charge is 2.12. The summed E-state index contributed by atoms with van der Waals surface area (Å²) in [7, 11) is 1.74. The van der Waals surface area contributed by atoms with E-state index in [0.717, 1.165) is 13.0 Å². The van der Waals surface area contributed by atoms with Crippen LogP contribution in [0.15, 0.2) is 0 Å². The number of unbranched alkanes of at least 4 members (excludes halogenated alkanes) is 1. The maximum Gasteiger partial charge on any atom is 0.234 e. The van der Waals surface area contributed by atoms with Gasteiger partial charge in [-0.2, -0.15) is 0 Å². The Balaban J connectivity index is 3.63. The molecule has 0 aliphatic rings. The molecule has 0 aliphatic heterocycles. The van der Waals surface area contributed by atoms with Crippen molar-refractivity contribution in [2.75, 3.05) is 20.3 Å². The Bertz CT molecular complexity index is 198. The number of amides is 1. The molecule has 0 rings (SSSR count). The van der Waals surface area contributed by atoms with Crippen molar-refractivity contribution in [1.29, 1.82) is 0 Å². The molecule has 0 heterocycles. The average molecular weight is 244 g/mol. The quantitative estimate of drug-likeness (QED) is 0.544. The Hall–Kier alpha value is -0.610. The highest BCUT2D eigenvalue weighted by atomic mass is 16.5. The molecular formula is C13H28N2O2. The van der Waals surface area contributed by atoms with Crippen LogP contribution in [-0.4, -0.2) is 32.2 Å². The summed E-state index contributed by atoms with van der Waals surface area (Å²) in [6.45, 7) is 5.80. The zero-order valence-electron chi connectivity index (χ0n) is 11.5. The molecule has 0 spiro atoms. The van der Waals surface area contributed by atoms with Gasteiger partial charge in [0.2, 0.25) is 5.91 Å². The third kappa shape index (κ3) is 8.16. The number of carbonyl (C=O) groups is 1. The monoisotopic (exact) mass is 244 g/mol. The van der Waals surface area contributed by atoms with E-state index in [0.29, 0.717) is 18.9 Å². The summed E-state index contributed by atoms with van der Waals surface area (Å²) in [5.41, 5.74) is 5.22. The van der Waals surface area contributed by atoms with Gasteiger partial charge in [-0.25, -0.2) is 0 Å². The van der Waals surface area contributed by atoms with Crippen LogP contribution < -0.4 is 11.1 Å². The number of nitrogens with one attached hydrogen (secondary N) is 1. The van der Waals surface area contributed by atoms with E-state index in [-0.39, 0.29) is 11.9 Å². The lowest BCUT2D eigenvalue weighted by Gasteiger charge is -2.16. The van der Waals surface area contributed by atoms with Crippen molar-refractivity contribution in [2.45, 2.75) is 52.0 Å². The van der Waals surface area contributed by atoms with Crippen molar-refractivity contribution in [2.24, 2.45) is 11.7 Å². The van der Waals surface area contributed by atoms with E-state index >= 15 is 0 Å². The first kappa shape index (κ1) is 16.4. The van der Waals surface area contributed by atoms with Crippen LogP contribution >= 0.6 is 0 Å². The van der Waals surface area contributed by atoms with Crippen LogP contribution in [0.4, 0.5) is 0 Å². The summed E-state index contributed by atoms with van der Waals surface area (Å²) in [6, 6.07) is -0.272. The van der Waals surface area contributed by atoms with Crippen LogP contribution in [-0.2, 0) is 9.53 Å². The topological polar surface area (TPSA) is 64.3 Å². The summed E-state index contributed by atoms with van der Waals surface area (Å²) < 4.78 is 5.62. The Kier molecular flexibility index (Phi) is 10.2. The highest BCUT2D eigenvalue weighted by molar-refractivity contribution is 5.79. The van der Waals surface area contributed by atoms with E-state index in [1.54, 1.807) is 7.05 Å². The van der Waals surface area contributed by atoms with Gasteiger partial charge < -0.3 is 15.8 Å². The van der Waals surface area contributed by atoms with Crippen molar-refractivity contribution in [1.82, 2.24) is 5.32 Å². The number of ether oxygens (including phenoxy) is 1. The molecule has 2 atom stereocenters. The first-order valence-electron chi connectivity index (χ1n) is 6.69. The van der Waals surface area contributed by atoms with Crippen LogP contribution in [0.25, 0.3) is 0 Å². The molecule has 102 valence electrons. The van der Waals surface area contributed by atoms with Crippen molar-refractivity contribution in [3.8, 4) is 0 Å². The molecule has 0 bridgehead atoms. The molecule has 0 aromatic rings. The molecule has 3 N–H and O–H groups in total. The number of carbonyl (C=O) groups excluding carboxylic acids is 1. The largest absolute Gasteiger partial charge is 0.381 e. The maximum atomic E-state index is 11.0. The molecule has 2 unspecified atom stereocenters. The SMILES string of the molecule is CCCCC(CC)COCCC(NC)C(N)=O. The lowest BCUT2D eigenvalue weighted by molar-refractivity contribution is -0.120. The average Bonchev–Trinajstić information content (AvgIpc) is 2.32. The first-order valence-corrected chi connectivity index (χ1v) is 6.69. The van der Waals surface area contributed by atoms with Gasteiger partial charge in [-0.05, 0) is 25.8 Å². The minimum Gasteiger partial charge on any atom is -0.381 e. The molecule has 17 heavy (non-hydrogen) atoms. The molecule has 0 radical (unpaired) electrons. The van der Waals surface area contributed by atoms with Gasteiger partial charge >= 0.3 is 0 Å². The lowest BCUT2D eigenvalue weighted by atomic mass is 10.0. The Morgan fingerprint density at radius 2 is 2.06 bits per heavy atom. The minimum absolute atomic E-state index is 0.272. The van der Waals surface area contributed by atoms with Crippen LogP contribution in [0.5, 0.6) is 0 Å². The molecule has 4 nitrogen and oxygen atoms in total. The second-order valence-electron chi connectivity index (χ2n) is 4.52. The second kappa shape index (κ2) is 10.5. The van der Waals surface area contributed by atoms with Crippen molar-refractivity contribution in [3.05, 3.63) is 0 Å². The molecule has 1 amide bonds. The van der Waals surface area contributed by atoms with Gasteiger partial charge in [0.25, 0.3) is 0 Å². The second-order valence-corrected chi connectivity index (χ2v) is 4.52. The number of likely N-dealkylation sites (N-methyl/N-ethyl adjacent to an activating group) is 1. The Morgan fingerprint density at radius 1 is 1.35 bits per heavy atom. The summed E-state index contributed by atoms with van der Waals surface area (Å²) in [5, 5.41) is 2.88. The zero-order chi connectivity index (χ0) is 13.1. The van der Waals surface area contributed by atoms with Gasteiger partial charge in [-0.3, -0.25) is 4.79 Å². The van der Waals surface area contributed by atoms with E-state index in [1.807, 2.05) is 0 Å². The van der Waals surface area contributed by atoms with Gasteiger partial charge in [0.1, 0.15) is 0 Å². The number of hydrogen-bond acceptors (Lipinski definition) is 3. The third-order valence-electron chi connectivity index (χ3n) is 3.14. The van der Waals surface area contributed by atoms with Gasteiger partial charge in [-0.1, -0.05) is 33.1 Å². The van der Waals surface area contributed by atoms with E-state index in [1.165, 1.54) is 19.3 Å². The van der Waals surface area contributed by atoms with Crippen LogP contribution in [0.1, 0.15) is 46.0 Å². The highest BCUT2D eigenvalue weighted by Crippen LogP contribution is 2.12. The van der Waals surface area contributed by atoms with Gasteiger partial charge in [-0.15, -0.1) is 0 Å². The van der Waals surface area contributed by atoms with E-state index < -0.39 is 0 Å². The van der Waals surface area contributed by atoms with Crippen molar-refractivity contribution in [3.63, 3.8) is 0 Å². The van der Waals surface area contributed by atoms with E-state index in [9.17, 15) is 4.79 Å².